The van der Waals surface area contributed by atoms with Gasteiger partial charge in [0.1, 0.15) is 17.9 Å². The molecule has 0 aromatic carbocycles. The molecule has 6 atom stereocenters. The summed E-state index contributed by atoms with van der Waals surface area (Å²) in [5, 5.41) is 15.9. The molecule has 12 nitrogen and oxygen atoms in total. The third kappa shape index (κ3) is 4.44. The molecule has 0 unspecified atom stereocenters. The van der Waals surface area contributed by atoms with Crippen LogP contribution in [0.5, 0.6) is 0 Å². The Morgan fingerprint density at radius 1 is 1.33 bits per heavy atom. The highest BCUT2D eigenvalue weighted by atomic mass is 32.2. The van der Waals surface area contributed by atoms with Crippen molar-refractivity contribution in [2.75, 3.05) is 18.1 Å². The van der Waals surface area contributed by atoms with E-state index in [4.69, 9.17) is 15.2 Å². The highest BCUT2D eigenvalue weighted by molar-refractivity contribution is 8.00. The number of nitrogens with one attached hydrogen (secondary N) is 2. The number of esters is 1. The van der Waals surface area contributed by atoms with Crippen molar-refractivity contribution in [2.24, 2.45) is 0 Å². The van der Waals surface area contributed by atoms with Gasteiger partial charge in [0.25, 0.3) is 0 Å². The Kier molecular flexibility index (Phi) is 6.25. The summed E-state index contributed by atoms with van der Waals surface area (Å²) < 4.78 is 13.3. The molecule has 2 amide bonds. The summed E-state index contributed by atoms with van der Waals surface area (Å²) in [6, 6.07) is 0.286. The fraction of sp³-hybridized carbons (Fsp3) is 0.650. The number of aliphatic hydroxyl groups is 1. The zero-order valence-electron chi connectivity index (χ0n) is 17.9. The summed E-state index contributed by atoms with van der Waals surface area (Å²) in [6.07, 6.45) is 4.37. The second-order valence-electron chi connectivity index (χ2n) is 8.55. The van der Waals surface area contributed by atoms with Crippen LogP contribution in [0, 0.1) is 0 Å². The van der Waals surface area contributed by atoms with E-state index in [9.17, 15) is 14.7 Å². The number of thioether (sulfide) groups is 1. The average Bonchev–Trinajstić information content (AvgIpc) is 3.55. The first-order valence-electron chi connectivity index (χ1n) is 11.1. The maximum Gasteiger partial charge on any atom is 0.315 e. The SMILES string of the molecule is Nc1ncnc2c1ncn2[C@@H]1O[C@H](CO)C[C@@H]1OC(=O)CCCC[C@@H]1SC[C@@H]2NC(=O)N[C@@H]21. The predicted octanol–water partition coefficient (Wildman–Crippen LogP) is 0.326. The van der Waals surface area contributed by atoms with Gasteiger partial charge in [0.05, 0.1) is 31.1 Å². The van der Waals surface area contributed by atoms with Crippen molar-refractivity contribution in [3.63, 3.8) is 0 Å². The number of carbonyl (C=O) groups excluding carboxylic acids is 2. The summed E-state index contributed by atoms with van der Waals surface area (Å²) in [5.41, 5.74) is 6.79. The minimum Gasteiger partial charge on any atom is -0.457 e. The number of fused-ring (bicyclic) bond motifs is 2. The van der Waals surface area contributed by atoms with E-state index in [0.717, 1.165) is 18.6 Å². The second kappa shape index (κ2) is 9.31. The smallest absolute Gasteiger partial charge is 0.315 e. The third-order valence-corrected chi connectivity index (χ3v) is 7.86. The molecule has 3 aliphatic heterocycles. The van der Waals surface area contributed by atoms with Gasteiger partial charge in [-0.2, -0.15) is 11.8 Å². The monoisotopic (exact) mass is 477 g/mol. The molecule has 33 heavy (non-hydrogen) atoms. The zero-order valence-corrected chi connectivity index (χ0v) is 18.7. The molecule has 0 spiro atoms. The van der Waals surface area contributed by atoms with Crippen LogP contribution in [0.15, 0.2) is 12.7 Å². The van der Waals surface area contributed by atoms with E-state index < -0.39 is 18.4 Å². The number of aromatic nitrogens is 4. The van der Waals surface area contributed by atoms with Crippen LogP contribution in [0.1, 0.15) is 38.3 Å². The van der Waals surface area contributed by atoms with Gasteiger partial charge in [0.15, 0.2) is 17.7 Å². The second-order valence-corrected chi connectivity index (χ2v) is 9.82. The molecule has 5 N–H and O–H groups in total. The number of hydrogen-bond donors (Lipinski definition) is 4. The lowest BCUT2D eigenvalue weighted by Crippen LogP contribution is -2.36. The number of hydrogen-bond acceptors (Lipinski definition) is 10. The van der Waals surface area contributed by atoms with E-state index >= 15 is 0 Å². The van der Waals surface area contributed by atoms with Crippen molar-refractivity contribution in [3.05, 3.63) is 12.7 Å². The third-order valence-electron chi connectivity index (χ3n) is 6.35. The highest BCUT2D eigenvalue weighted by Gasteiger charge is 2.43. The lowest BCUT2D eigenvalue weighted by Gasteiger charge is -2.20. The molecule has 2 aromatic heterocycles. The first-order valence-corrected chi connectivity index (χ1v) is 12.2. The van der Waals surface area contributed by atoms with E-state index in [2.05, 4.69) is 25.6 Å². The minimum absolute atomic E-state index is 0.0896. The topological polar surface area (TPSA) is 167 Å². The van der Waals surface area contributed by atoms with Crippen molar-refractivity contribution < 1.29 is 24.2 Å². The lowest BCUT2D eigenvalue weighted by atomic mass is 10.0. The molecule has 0 saturated carbocycles. The summed E-state index contributed by atoms with van der Waals surface area (Å²) in [6.45, 7) is -0.180. The average molecular weight is 478 g/mol. The normalized spacial score (nSPS) is 30.9. The molecule has 2 aromatic rings. The van der Waals surface area contributed by atoms with Gasteiger partial charge >= 0.3 is 12.0 Å². The van der Waals surface area contributed by atoms with Gasteiger partial charge in [0.2, 0.25) is 0 Å². The van der Waals surface area contributed by atoms with E-state index in [-0.39, 0.29) is 36.5 Å². The van der Waals surface area contributed by atoms with Crippen LogP contribution in [-0.4, -0.2) is 78.5 Å². The molecule has 0 aliphatic carbocycles. The predicted molar refractivity (Wildman–Crippen MR) is 119 cm³/mol. The van der Waals surface area contributed by atoms with Crippen LogP contribution in [0.4, 0.5) is 10.6 Å². The Balaban J connectivity index is 1.15. The molecule has 3 saturated heterocycles. The highest BCUT2D eigenvalue weighted by Crippen LogP contribution is 2.35. The minimum atomic E-state index is -0.657. The number of aliphatic hydroxyl groups excluding tert-OH is 1. The summed E-state index contributed by atoms with van der Waals surface area (Å²) >= 11 is 1.86. The molecule has 13 heteroatoms. The first kappa shape index (κ1) is 22.2. The molecule has 0 radical (unpaired) electrons. The van der Waals surface area contributed by atoms with Crippen LogP contribution >= 0.6 is 11.8 Å². The van der Waals surface area contributed by atoms with E-state index in [1.165, 1.54) is 12.7 Å². The van der Waals surface area contributed by atoms with E-state index in [1.54, 1.807) is 4.57 Å². The number of anilines is 1. The van der Waals surface area contributed by atoms with Crippen molar-refractivity contribution in [1.82, 2.24) is 30.2 Å². The standard InChI is InChI=1S/C20H27N7O5S/c21-17-16-18(23-8-22-17)27(9-24-16)19-12(5-10(6-28)31-19)32-14(29)4-2-1-3-13-15-11(7-33-13)25-20(30)26-15/h8-13,15,19,28H,1-7H2,(H2,21,22,23)(H2,25,26,30)/t10-,11-,12-,13-,15-,19+/m0/s1. The number of nitrogens with zero attached hydrogens (tertiary/aromatic N) is 4. The number of imidazole rings is 1. The van der Waals surface area contributed by atoms with Crippen molar-refractivity contribution in [2.45, 2.75) is 67.9 Å². The Morgan fingerprint density at radius 2 is 2.21 bits per heavy atom. The van der Waals surface area contributed by atoms with Crippen LogP contribution in [-0.2, 0) is 14.3 Å². The van der Waals surface area contributed by atoms with Crippen molar-refractivity contribution in [1.29, 1.82) is 0 Å². The molecule has 3 fully saturated rings. The fourth-order valence-electron chi connectivity index (χ4n) is 4.73. The first-order chi connectivity index (χ1) is 16.0. The van der Waals surface area contributed by atoms with Gasteiger partial charge in [-0.25, -0.2) is 19.7 Å². The van der Waals surface area contributed by atoms with Gasteiger partial charge in [0, 0.05) is 23.8 Å². The van der Waals surface area contributed by atoms with Gasteiger partial charge in [-0.05, 0) is 12.8 Å². The zero-order chi connectivity index (χ0) is 22.9. The Morgan fingerprint density at radius 3 is 3.06 bits per heavy atom. The molecule has 3 aliphatic rings. The van der Waals surface area contributed by atoms with Crippen LogP contribution in [0.25, 0.3) is 11.2 Å². The van der Waals surface area contributed by atoms with E-state index in [1.807, 2.05) is 11.8 Å². The number of urea groups is 1. The molecule has 178 valence electrons. The molecule has 0 bridgehead atoms. The molecular weight excluding hydrogens is 450 g/mol. The van der Waals surface area contributed by atoms with Gasteiger partial charge in [-0.15, -0.1) is 0 Å². The molecular formula is C20H27N7O5S. The van der Waals surface area contributed by atoms with Gasteiger partial charge in [-0.3, -0.25) is 9.36 Å². The van der Waals surface area contributed by atoms with Gasteiger partial charge < -0.3 is 30.9 Å². The van der Waals surface area contributed by atoms with Crippen molar-refractivity contribution >= 4 is 40.7 Å². The lowest BCUT2D eigenvalue weighted by molar-refractivity contribution is -0.155. The Labute approximate surface area is 194 Å². The quantitative estimate of drug-likeness (QED) is 0.236. The Bertz CT molecular complexity index is 1040. The summed E-state index contributed by atoms with van der Waals surface area (Å²) in [4.78, 5) is 36.5. The number of nitrogens with two attached hydrogens (primary N) is 1. The van der Waals surface area contributed by atoms with Crippen LogP contribution in [0.2, 0.25) is 0 Å². The van der Waals surface area contributed by atoms with E-state index in [0.29, 0.717) is 35.7 Å². The number of amides is 2. The largest absolute Gasteiger partial charge is 0.457 e. The van der Waals surface area contributed by atoms with Crippen LogP contribution < -0.4 is 16.4 Å². The number of nitrogen functional groups attached to an aromatic ring is 1. The summed E-state index contributed by atoms with van der Waals surface area (Å²) in [7, 11) is 0. The van der Waals surface area contributed by atoms with Crippen LogP contribution in [0.3, 0.4) is 0 Å². The Hall–Kier alpha value is -2.64. The number of rotatable bonds is 8. The molecule has 5 rings (SSSR count). The van der Waals surface area contributed by atoms with Crippen molar-refractivity contribution in [3.8, 4) is 0 Å². The number of unbranched alkanes of at least 4 members (excludes halogenated alkanes) is 1. The number of carbonyl (C=O) groups is 2. The maximum atomic E-state index is 12.6. The number of ether oxygens (including phenoxy) is 2. The fourth-order valence-corrected chi connectivity index (χ4v) is 6.27. The van der Waals surface area contributed by atoms with Gasteiger partial charge in [-0.1, -0.05) is 6.42 Å². The maximum absolute atomic E-state index is 12.6. The summed E-state index contributed by atoms with van der Waals surface area (Å²) in [5.74, 6) is 0.868. The molecule has 5 heterocycles.